The summed E-state index contributed by atoms with van der Waals surface area (Å²) in [6.45, 7) is 7.81. The molecule has 0 radical (unpaired) electrons. The average Bonchev–Trinajstić information content (AvgIpc) is 2.36. The van der Waals surface area contributed by atoms with Crippen molar-refractivity contribution in [2.75, 3.05) is 5.75 Å². The summed E-state index contributed by atoms with van der Waals surface area (Å²) in [6.07, 6.45) is 3.09. The summed E-state index contributed by atoms with van der Waals surface area (Å²) < 4.78 is 0. The Hall–Kier alpha value is -0.730. The summed E-state index contributed by atoms with van der Waals surface area (Å²) in [5.74, 6) is 0.678. The molecule has 1 nitrogen and oxygen atoms in total. The second kappa shape index (κ2) is 7.76. The van der Waals surface area contributed by atoms with E-state index in [2.05, 4.69) is 20.4 Å². The van der Waals surface area contributed by atoms with Crippen molar-refractivity contribution in [3.63, 3.8) is 0 Å². The molecular formula is C16H21ClOS. The molecule has 0 amide bonds. The Kier molecular flexibility index (Phi) is 6.67. The van der Waals surface area contributed by atoms with E-state index < -0.39 is 0 Å². The lowest BCUT2D eigenvalue weighted by molar-refractivity contribution is -0.112. The summed E-state index contributed by atoms with van der Waals surface area (Å²) in [5.41, 5.74) is 1.02. The van der Waals surface area contributed by atoms with Gasteiger partial charge in [-0.15, -0.1) is 18.2 Å². The number of hydrogen-bond donors (Lipinski definition) is 0. The lowest BCUT2D eigenvalue weighted by Gasteiger charge is -2.26. The standard InChI is InChI=1S/C16H21ClOS/c1-4-10-19-15(18)12-16(2,3)11-14(17)13-8-6-5-7-9-13/h4-9,14H,1,10-12H2,2-3H3. The van der Waals surface area contributed by atoms with Gasteiger partial charge in [-0.3, -0.25) is 4.79 Å². The maximum absolute atomic E-state index is 11.8. The van der Waals surface area contributed by atoms with Crippen LogP contribution in [0.25, 0.3) is 0 Å². The van der Waals surface area contributed by atoms with Crippen molar-refractivity contribution in [3.05, 3.63) is 48.6 Å². The zero-order valence-electron chi connectivity index (χ0n) is 11.6. The van der Waals surface area contributed by atoms with Gasteiger partial charge in [0.25, 0.3) is 0 Å². The first-order valence-electron chi connectivity index (χ1n) is 6.40. The third-order valence-corrected chi connectivity index (χ3v) is 4.15. The van der Waals surface area contributed by atoms with Crippen LogP contribution in [0, 0.1) is 5.41 Å². The van der Waals surface area contributed by atoms with Crippen LogP contribution < -0.4 is 0 Å². The molecule has 1 rings (SSSR count). The number of thioether (sulfide) groups is 1. The highest BCUT2D eigenvalue weighted by Gasteiger charge is 2.26. The zero-order valence-corrected chi connectivity index (χ0v) is 13.1. The van der Waals surface area contributed by atoms with Crippen molar-refractivity contribution in [2.45, 2.75) is 32.1 Å². The van der Waals surface area contributed by atoms with Gasteiger partial charge >= 0.3 is 0 Å². The van der Waals surface area contributed by atoms with Gasteiger partial charge in [0.1, 0.15) is 0 Å². The number of alkyl halides is 1. The van der Waals surface area contributed by atoms with Crippen LogP contribution in [0.15, 0.2) is 43.0 Å². The quantitative estimate of drug-likeness (QED) is 0.507. The molecule has 0 aliphatic carbocycles. The second-order valence-electron chi connectivity index (χ2n) is 5.40. The van der Waals surface area contributed by atoms with E-state index in [0.29, 0.717) is 12.2 Å². The topological polar surface area (TPSA) is 17.1 Å². The van der Waals surface area contributed by atoms with E-state index in [1.807, 2.05) is 30.3 Å². The Balaban J connectivity index is 2.54. The van der Waals surface area contributed by atoms with Gasteiger partial charge in [-0.1, -0.05) is 62.0 Å². The van der Waals surface area contributed by atoms with Gasteiger partial charge in [0.2, 0.25) is 0 Å². The molecule has 0 saturated heterocycles. The Morgan fingerprint density at radius 3 is 2.63 bits per heavy atom. The number of hydrogen-bond acceptors (Lipinski definition) is 2. The van der Waals surface area contributed by atoms with Gasteiger partial charge in [-0.2, -0.15) is 0 Å². The Bertz CT molecular complexity index is 414. The van der Waals surface area contributed by atoms with E-state index >= 15 is 0 Å². The smallest absolute Gasteiger partial charge is 0.189 e. The molecule has 0 bridgehead atoms. The lowest BCUT2D eigenvalue weighted by Crippen LogP contribution is -2.17. The van der Waals surface area contributed by atoms with Gasteiger partial charge in [0.15, 0.2) is 5.12 Å². The molecule has 0 spiro atoms. The highest BCUT2D eigenvalue weighted by Crippen LogP contribution is 2.37. The Labute approximate surface area is 125 Å². The van der Waals surface area contributed by atoms with Crippen LogP contribution >= 0.6 is 23.4 Å². The van der Waals surface area contributed by atoms with Crippen molar-refractivity contribution in [3.8, 4) is 0 Å². The molecule has 1 aromatic rings. The SMILES string of the molecule is C=CCSC(=O)CC(C)(C)CC(Cl)c1ccccc1. The van der Waals surface area contributed by atoms with E-state index in [-0.39, 0.29) is 15.9 Å². The molecule has 0 aliphatic rings. The summed E-state index contributed by atoms with van der Waals surface area (Å²) in [6, 6.07) is 10.0. The molecule has 3 heteroatoms. The summed E-state index contributed by atoms with van der Waals surface area (Å²) >= 11 is 7.77. The molecule has 104 valence electrons. The fourth-order valence-corrected chi connectivity index (χ4v) is 3.29. The normalized spacial score (nSPS) is 13.0. The van der Waals surface area contributed by atoms with Crippen molar-refractivity contribution in [2.24, 2.45) is 5.41 Å². The molecule has 0 aliphatic heterocycles. The third-order valence-electron chi connectivity index (χ3n) is 2.88. The van der Waals surface area contributed by atoms with Crippen LogP contribution in [-0.4, -0.2) is 10.9 Å². The highest BCUT2D eigenvalue weighted by atomic mass is 35.5. The number of halogens is 1. The number of rotatable bonds is 7. The Morgan fingerprint density at radius 1 is 1.42 bits per heavy atom. The van der Waals surface area contributed by atoms with Crippen molar-refractivity contribution in [1.29, 1.82) is 0 Å². The third kappa shape index (κ3) is 6.31. The molecule has 0 heterocycles. The monoisotopic (exact) mass is 296 g/mol. The van der Waals surface area contributed by atoms with Crippen molar-refractivity contribution < 1.29 is 4.79 Å². The van der Waals surface area contributed by atoms with Crippen LogP contribution in [-0.2, 0) is 4.79 Å². The van der Waals surface area contributed by atoms with E-state index in [4.69, 9.17) is 11.6 Å². The zero-order chi connectivity index (χ0) is 14.3. The molecule has 0 aromatic heterocycles. The lowest BCUT2D eigenvalue weighted by atomic mass is 9.83. The minimum Gasteiger partial charge on any atom is -0.287 e. The summed E-state index contributed by atoms with van der Waals surface area (Å²) in [7, 11) is 0. The predicted octanol–water partition coefficient (Wildman–Crippen LogP) is 5.22. The minimum absolute atomic E-state index is 0.0478. The van der Waals surface area contributed by atoms with E-state index in [0.717, 1.165) is 12.0 Å². The van der Waals surface area contributed by atoms with Gasteiger partial charge in [-0.25, -0.2) is 0 Å². The van der Waals surface area contributed by atoms with E-state index in [9.17, 15) is 4.79 Å². The number of carbonyl (C=O) groups is 1. The molecule has 0 N–H and O–H groups in total. The first kappa shape index (κ1) is 16.3. The highest BCUT2D eigenvalue weighted by molar-refractivity contribution is 8.13. The molecule has 1 aromatic carbocycles. The number of carbonyl (C=O) groups excluding carboxylic acids is 1. The molecular weight excluding hydrogens is 276 g/mol. The molecule has 0 saturated carbocycles. The van der Waals surface area contributed by atoms with Crippen molar-refractivity contribution in [1.82, 2.24) is 0 Å². The maximum Gasteiger partial charge on any atom is 0.189 e. The van der Waals surface area contributed by atoms with Gasteiger partial charge < -0.3 is 0 Å². The fourth-order valence-electron chi connectivity index (χ4n) is 1.93. The average molecular weight is 297 g/mol. The fraction of sp³-hybridized carbons (Fsp3) is 0.438. The molecule has 1 unspecified atom stereocenters. The van der Waals surface area contributed by atoms with Crippen LogP contribution in [0.2, 0.25) is 0 Å². The summed E-state index contributed by atoms with van der Waals surface area (Å²) in [4.78, 5) is 11.8. The van der Waals surface area contributed by atoms with E-state index in [1.165, 1.54) is 11.8 Å². The van der Waals surface area contributed by atoms with Gasteiger partial charge in [-0.05, 0) is 17.4 Å². The van der Waals surface area contributed by atoms with E-state index in [1.54, 1.807) is 6.08 Å². The Morgan fingerprint density at radius 2 is 2.05 bits per heavy atom. The van der Waals surface area contributed by atoms with Gasteiger partial charge in [0.05, 0.1) is 5.38 Å². The molecule has 0 fully saturated rings. The minimum atomic E-state index is -0.0898. The summed E-state index contributed by atoms with van der Waals surface area (Å²) in [5, 5.41) is 0.162. The maximum atomic E-state index is 11.8. The predicted molar refractivity (Wildman–Crippen MR) is 85.7 cm³/mol. The second-order valence-corrected chi connectivity index (χ2v) is 7.00. The largest absolute Gasteiger partial charge is 0.287 e. The van der Waals surface area contributed by atoms with Crippen LogP contribution in [0.3, 0.4) is 0 Å². The molecule has 19 heavy (non-hydrogen) atoms. The number of benzene rings is 1. The van der Waals surface area contributed by atoms with Crippen LogP contribution in [0.1, 0.15) is 37.6 Å². The van der Waals surface area contributed by atoms with Crippen LogP contribution in [0.5, 0.6) is 0 Å². The van der Waals surface area contributed by atoms with Crippen LogP contribution in [0.4, 0.5) is 0 Å². The van der Waals surface area contributed by atoms with Gasteiger partial charge in [0, 0.05) is 12.2 Å². The van der Waals surface area contributed by atoms with Crippen molar-refractivity contribution >= 4 is 28.5 Å². The molecule has 1 atom stereocenters. The first-order valence-corrected chi connectivity index (χ1v) is 7.82. The first-order chi connectivity index (χ1) is 8.94.